The first-order valence-corrected chi connectivity index (χ1v) is 13.1. The zero-order chi connectivity index (χ0) is 29.3. The Morgan fingerprint density at radius 1 is 0.615 bits per heavy atom. The van der Waals surface area contributed by atoms with Gasteiger partial charge in [0.15, 0.2) is 23.0 Å². The van der Waals surface area contributed by atoms with Gasteiger partial charge in [0.1, 0.15) is 0 Å². The van der Waals surface area contributed by atoms with Crippen LogP contribution < -0.4 is 18.9 Å². The van der Waals surface area contributed by atoms with Crippen molar-refractivity contribution >= 4 is 23.9 Å². The summed E-state index contributed by atoms with van der Waals surface area (Å²) in [5.41, 5.74) is 1.46. The molecule has 0 aromatic heterocycles. The number of rotatable bonds is 7. The van der Waals surface area contributed by atoms with E-state index in [0.717, 1.165) is 17.5 Å². The summed E-state index contributed by atoms with van der Waals surface area (Å²) in [4.78, 5) is 47.1. The van der Waals surface area contributed by atoms with Crippen molar-refractivity contribution in [1.29, 1.82) is 0 Å². The van der Waals surface area contributed by atoms with Crippen molar-refractivity contribution in [2.45, 2.75) is 80.6 Å². The zero-order valence-electron chi connectivity index (χ0n) is 24.2. The number of carbonyl (C=O) groups excluding carboxylic acids is 4. The minimum Gasteiger partial charge on any atom is -0.423 e. The Hall–Kier alpha value is -3.68. The molecule has 0 spiro atoms. The van der Waals surface area contributed by atoms with E-state index in [1.807, 2.05) is 12.1 Å². The van der Waals surface area contributed by atoms with Crippen LogP contribution in [0.3, 0.4) is 0 Å². The number of ether oxygens (including phenoxy) is 4. The highest BCUT2D eigenvalue weighted by atomic mass is 16.6. The predicted octanol–water partition coefficient (Wildman–Crippen LogP) is 6.35. The van der Waals surface area contributed by atoms with E-state index in [4.69, 9.17) is 18.9 Å². The average molecular weight is 539 g/mol. The second kappa shape index (κ2) is 11.2. The molecule has 8 nitrogen and oxygen atoms in total. The highest BCUT2D eigenvalue weighted by molar-refractivity contribution is 5.75. The molecule has 0 aliphatic heterocycles. The highest BCUT2D eigenvalue weighted by Gasteiger charge is 2.60. The van der Waals surface area contributed by atoms with Crippen molar-refractivity contribution in [3.63, 3.8) is 0 Å². The van der Waals surface area contributed by atoms with Gasteiger partial charge in [-0.2, -0.15) is 0 Å². The van der Waals surface area contributed by atoms with Crippen molar-refractivity contribution in [3.05, 3.63) is 47.5 Å². The first kappa shape index (κ1) is 29.9. The van der Waals surface area contributed by atoms with Crippen LogP contribution in [0.25, 0.3) is 0 Å². The van der Waals surface area contributed by atoms with Crippen LogP contribution in [0.2, 0.25) is 0 Å². The molecule has 1 aliphatic rings. The molecule has 3 atom stereocenters. The molecule has 39 heavy (non-hydrogen) atoms. The fourth-order valence-corrected chi connectivity index (χ4v) is 6.22. The van der Waals surface area contributed by atoms with Crippen molar-refractivity contribution < 1.29 is 38.1 Å². The lowest BCUT2D eigenvalue weighted by Gasteiger charge is -2.41. The second-order valence-corrected chi connectivity index (χ2v) is 11.2. The summed E-state index contributed by atoms with van der Waals surface area (Å²) in [6.07, 6.45) is 0.883. The molecular weight excluding hydrogens is 500 g/mol. The minimum atomic E-state index is -0.526. The Balaban J connectivity index is 2.25. The van der Waals surface area contributed by atoms with Gasteiger partial charge in [-0.25, -0.2) is 0 Å². The quantitative estimate of drug-likeness (QED) is 0.297. The van der Waals surface area contributed by atoms with E-state index in [2.05, 4.69) is 34.6 Å². The maximum Gasteiger partial charge on any atom is 0.308 e. The van der Waals surface area contributed by atoms with E-state index in [1.165, 1.54) is 27.7 Å². The van der Waals surface area contributed by atoms with E-state index in [1.54, 1.807) is 24.3 Å². The van der Waals surface area contributed by atoms with E-state index >= 15 is 0 Å². The number of hydrogen-bond acceptors (Lipinski definition) is 8. The average Bonchev–Trinajstić information content (AvgIpc) is 2.95. The SMILES string of the molecule is CCC1C(c2ccc(OC(C)=O)c(OC(C)=O)c2)C(c2ccc(OC(C)=O)c(OC(C)=O)c2)C(C)(C)C1(C)C. The van der Waals surface area contributed by atoms with Gasteiger partial charge in [0, 0.05) is 27.7 Å². The molecule has 1 saturated carbocycles. The van der Waals surface area contributed by atoms with Crippen LogP contribution in [0.15, 0.2) is 36.4 Å². The fourth-order valence-electron chi connectivity index (χ4n) is 6.22. The molecule has 210 valence electrons. The van der Waals surface area contributed by atoms with Gasteiger partial charge in [-0.3, -0.25) is 19.2 Å². The lowest BCUT2D eigenvalue weighted by atomic mass is 9.63. The van der Waals surface area contributed by atoms with Crippen LogP contribution in [0.1, 0.15) is 91.7 Å². The number of benzene rings is 2. The minimum absolute atomic E-state index is 0.0366. The molecule has 3 unspecified atom stereocenters. The summed E-state index contributed by atoms with van der Waals surface area (Å²) in [5, 5.41) is 0. The Kier molecular flexibility index (Phi) is 8.58. The van der Waals surface area contributed by atoms with Gasteiger partial charge in [0.2, 0.25) is 0 Å². The molecule has 0 radical (unpaired) electrons. The van der Waals surface area contributed by atoms with Gasteiger partial charge in [-0.15, -0.1) is 0 Å². The molecule has 0 amide bonds. The third-order valence-corrected chi connectivity index (χ3v) is 8.29. The topological polar surface area (TPSA) is 105 Å². The molecule has 0 N–H and O–H groups in total. The van der Waals surface area contributed by atoms with Crippen molar-refractivity contribution in [2.75, 3.05) is 0 Å². The summed E-state index contributed by atoms with van der Waals surface area (Å²) < 4.78 is 21.5. The van der Waals surface area contributed by atoms with Crippen molar-refractivity contribution in [3.8, 4) is 23.0 Å². The predicted molar refractivity (Wildman–Crippen MR) is 145 cm³/mol. The van der Waals surface area contributed by atoms with Gasteiger partial charge in [0.25, 0.3) is 0 Å². The monoisotopic (exact) mass is 538 g/mol. The second-order valence-electron chi connectivity index (χ2n) is 11.2. The Bertz CT molecular complexity index is 1290. The lowest BCUT2D eigenvalue weighted by Crippen LogP contribution is -2.34. The lowest BCUT2D eigenvalue weighted by molar-refractivity contribution is -0.134. The van der Waals surface area contributed by atoms with Crippen LogP contribution in [0.4, 0.5) is 0 Å². The molecular formula is C31H38O8. The fraction of sp³-hybridized carbons (Fsp3) is 0.484. The summed E-state index contributed by atoms with van der Waals surface area (Å²) in [6.45, 7) is 16.3. The third-order valence-electron chi connectivity index (χ3n) is 8.29. The molecule has 0 heterocycles. The van der Waals surface area contributed by atoms with Gasteiger partial charge in [-0.1, -0.05) is 53.2 Å². The van der Waals surface area contributed by atoms with Crippen LogP contribution >= 0.6 is 0 Å². The zero-order valence-corrected chi connectivity index (χ0v) is 24.2. The smallest absolute Gasteiger partial charge is 0.308 e. The molecule has 1 fully saturated rings. The molecule has 0 bridgehead atoms. The van der Waals surface area contributed by atoms with Crippen LogP contribution in [0.5, 0.6) is 23.0 Å². The molecule has 2 aromatic carbocycles. The van der Waals surface area contributed by atoms with E-state index in [9.17, 15) is 19.2 Å². The summed E-state index contributed by atoms with van der Waals surface area (Å²) in [7, 11) is 0. The number of hydrogen-bond donors (Lipinski definition) is 0. The highest BCUT2D eigenvalue weighted by Crippen LogP contribution is 2.69. The van der Waals surface area contributed by atoms with Crippen LogP contribution in [0, 0.1) is 16.7 Å². The maximum atomic E-state index is 11.9. The summed E-state index contributed by atoms with van der Waals surface area (Å²) in [6, 6.07) is 10.7. The van der Waals surface area contributed by atoms with Crippen molar-refractivity contribution in [1.82, 2.24) is 0 Å². The molecule has 1 aliphatic carbocycles. The van der Waals surface area contributed by atoms with Gasteiger partial charge >= 0.3 is 23.9 Å². The Morgan fingerprint density at radius 2 is 1.00 bits per heavy atom. The first-order chi connectivity index (χ1) is 18.1. The van der Waals surface area contributed by atoms with E-state index < -0.39 is 23.9 Å². The molecule has 0 saturated heterocycles. The number of esters is 4. The standard InChI is InChI=1S/C31H38O8/c1-10-23-28(21-11-13-24(36-17(2)32)26(15-21)38-19(4)34)29(31(8,9)30(23,6)7)22-12-14-25(37-18(3)33)27(16-22)39-20(5)35/h11-16,23,28-29H,10H2,1-9H3. The third kappa shape index (κ3) is 6.00. The molecule has 3 rings (SSSR count). The molecule has 8 heteroatoms. The normalized spacial score (nSPS) is 21.1. The maximum absolute atomic E-state index is 11.9. The largest absolute Gasteiger partial charge is 0.423 e. The van der Waals surface area contributed by atoms with E-state index in [-0.39, 0.29) is 51.6 Å². The Morgan fingerprint density at radius 3 is 1.41 bits per heavy atom. The van der Waals surface area contributed by atoms with E-state index in [0.29, 0.717) is 0 Å². The number of carbonyl (C=O) groups is 4. The first-order valence-electron chi connectivity index (χ1n) is 13.1. The van der Waals surface area contributed by atoms with Crippen LogP contribution in [-0.4, -0.2) is 23.9 Å². The van der Waals surface area contributed by atoms with Gasteiger partial charge in [-0.05, 0) is 64.0 Å². The Labute approximate surface area is 230 Å². The summed E-state index contributed by atoms with van der Waals surface area (Å²) in [5.74, 6) is -1.28. The van der Waals surface area contributed by atoms with Crippen LogP contribution in [-0.2, 0) is 19.2 Å². The van der Waals surface area contributed by atoms with Gasteiger partial charge < -0.3 is 18.9 Å². The summed E-state index contributed by atoms with van der Waals surface area (Å²) >= 11 is 0. The van der Waals surface area contributed by atoms with Crippen molar-refractivity contribution in [2.24, 2.45) is 16.7 Å². The van der Waals surface area contributed by atoms with Gasteiger partial charge in [0.05, 0.1) is 0 Å². The molecule has 2 aromatic rings.